The lowest BCUT2D eigenvalue weighted by Crippen LogP contribution is -2.18. The van der Waals surface area contributed by atoms with Gasteiger partial charge in [-0.1, -0.05) is 36.4 Å². The highest BCUT2D eigenvalue weighted by molar-refractivity contribution is 7.98. The van der Waals surface area contributed by atoms with Gasteiger partial charge >= 0.3 is 5.97 Å². The van der Waals surface area contributed by atoms with Gasteiger partial charge in [-0.3, -0.25) is 4.98 Å². The summed E-state index contributed by atoms with van der Waals surface area (Å²) in [6.07, 6.45) is 3.49. The first-order valence-corrected chi connectivity index (χ1v) is 10.0. The van der Waals surface area contributed by atoms with Gasteiger partial charge in [0.05, 0.1) is 7.11 Å². The van der Waals surface area contributed by atoms with Gasteiger partial charge in [0.1, 0.15) is 16.4 Å². The van der Waals surface area contributed by atoms with Crippen molar-refractivity contribution in [1.29, 1.82) is 0 Å². The normalized spacial score (nSPS) is 10.4. The molecule has 29 heavy (non-hydrogen) atoms. The Morgan fingerprint density at radius 2 is 1.86 bits per heavy atom. The summed E-state index contributed by atoms with van der Waals surface area (Å²) in [7, 11) is 5.09. The third-order valence-corrected chi connectivity index (χ3v) is 5.10. The van der Waals surface area contributed by atoms with E-state index in [2.05, 4.69) is 20.3 Å². The molecule has 0 aliphatic heterocycles. The number of benzene rings is 1. The van der Waals surface area contributed by atoms with Gasteiger partial charge in [0.2, 0.25) is 5.95 Å². The van der Waals surface area contributed by atoms with Crippen LogP contribution in [0.5, 0.6) is 0 Å². The van der Waals surface area contributed by atoms with Crippen LogP contribution in [0.15, 0.2) is 59.9 Å². The molecule has 0 saturated heterocycles. The van der Waals surface area contributed by atoms with Gasteiger partial charge in [-0.25, -0.2) is 9.78 Å². The summed E-state index contributed by atoms with van der Waals surface area (Å²) in [5.74, 6) is 1.16. The summed E-state index contributed by atoms with van der Waals surface area (Å²) in [5, 5.41) is 3.82. The Bertz CT molecular complexity index is 887. The third-order valence-electron chi connectivity index (χ3n) is 4.05. The van der Waals surface area contributed by atoms with E-state index in [1.54, 1.807) is 12.4 Å². The number of esters is 1. The van der Waals surface area contributed by atoms with E-state index in [0.717, 1.165) is 11.1 Å². The molecule has 0 aliphatic rings. The van der Waals surface area contributed by atoms with Crippen molar-refractivity contribution >= 4 is 29.5 Å². The number of nitrogens with zero attached hydrogens (tertiary/aromatic N) is 4. The smallest absolute Gasteiger partial charge is 0.344 e. The number of carbonyl (C=O) groups is 1. The number of hydrogen-bond donors (Lipinski definition) is 1. The number of rotatable bonds is 8. The number of pyridine rings is 1. The van der Waals surface area contributed by atoms with E-state index in [9.17, 15) is 4.79 Å². The molecule has 0 radical (unpaired) electrons. The molecule has 0 aliphatic carbocycles. The lowest BCUT2D eigenvalue weighted by molar-refractivity contribution is 0.0596. The second kappa shape index (κ2) is 9.88. The van der Waals surface area contributed by atoms with Crippen molar-refractivity contribution in [3.63, 3.8) is 0 Å². The monoisotopic (exact) mass is 409 g/mol. The van der Waals surface area contributed by atoms with E-state index < -0.39 is 5.97 Å². The molecule has 2 heterocycles. The number of hydrogen-bond acceptors (Lipinski definition) is 8. The highest BCUT2D eigenvalue weighted by atomic mass is 32.2. The maximum atomic E-state index is 12.6. The van der Waals surface area contributed by atoms with Crippen LogP contribution in [0.1, 0.15) is 21.5 Å². The van der Waals surface area contributed by atoms with Crippen LogP contribution in [-0.2, 0) is 17.0 Å². The van der Waals surface area contributed by atoms with Crippen LogP contribution in [0.3, 0.4) is 0 Å². The number of methoxy groups -OCH3 is 1. The van der Waals surface area contributed by atoms with E-state index in [-0.39, 0.29) is 0 Å². The minimum Gasteiger partial charge on any atom is -0.465 e. The van der Waals surface area contributed by atoms with Gasteiger partial charge in [-0.15, -0.1) is 11.8 Å². The highest BCUT2D eigenvalue weighted by Crippen LogP contribution is 2.31. The molecule has 0 fully saturated rings. The molecule has 0 atom stereocenters. The van der Waals surface area contributed by atoms with E-state index in [0.29, 0.717) is 34.7 Å². The molecule has 0 spiro atoms. The van der Waals surface area contributed by atoms with Gasteiger partial charge in [0.15, 0.2) is 0 Å². The van der Waals surface area contributed by atoms with E-state index in [4.69, 9.17) is 4.74 Å². The second-order valence-electron chi connectivity index (χ2n) is 6.43. The first kappa shape index (κ1) is 20.6. The Hall–Kier alpha value is -3.13. The van der Waals surface area contributed by atoms with Gasteiger partial charge in [-0.05, 0) is 17.2 Å². The molecule has 1 aromatic carbocycles. The van der Waals surface area contributed by atoms with Crippen molar-refractivity contribution in [2.24, 2.45) is 0 Å². The lowest BCUT2D eigenvalue weighted by atomic mass is 10.2. The number of thioether (sulfide) groups is 1. The molecule has 0 amide bonds. The first-order chi connectivity index (χ1) is 14.1. The predicted octanol–water partition coefficient (Wildman–Crippen LogP) is 3.63. The summed E-state index contributed by atoms with van der Waals surface area (Å²) in [5.41, 5.74) is 2.46. The van der Waals surface area contributed by atoms with Crippen molar-refractivity contribution in [3.8, 4) is 0 Å². The van der Waals surface area contributed by atoms with Crippen LogP contribution in [-0.4, -0.2) is 42.1 Å². The van der Waals surface area contributed by atoms with E-state index >= 15 is 0 Å². The zero-order valence-corrected chi connectivity index (χ0v) is 17.4. The van der Waals surface area contributed by atoms with Gasteiger partial charge in [-0.2, -0.15) is 4.98 Å². The SMILES string of the molecule is COC(=O)c1c(NCc2cccnc2)nc(N(C)C)nc1SCc1ccccc1. The topological polar surface area (TPSA) is 80.2 Å². The number of anilines is 2. The highest BCUT2D eigenvalue weighted by Gasteiger charge is 2.23. The Labute approximate surface area is 174 Å². The molecule has 150 valence electrons. The number of ether oxygens (including phenoxy) is 1. The number of aromatic nitrogens is 3. The quantitative estimate of drug-likeness (QED) is 0.343. The minimum atomic E-state index is -0.473. The predicted molar refractivity (Wildman–Crippen MR) is 115 cm³/mol. The van der Waals surface area contributed by atoms with Crippen molar-refractivity contribution in [3.05, 3.63) is 71.5 Å². The van der Waals surface area contributed by atoms with Crippen LogP contribution in [0.4, 0.5) is 11.8 Å². The number of nitrogens with one attached hydrogen (secondary N) is 1. The molecule has 2 aromatic heterocycles. The van der Waals surface area contributed by atoms with E-state index in [1.165, 1.54) is 18.9 Å². The van der Waals surface area contributed by atoms with Crippen LogP contribution in [0.2, 0.25) is 0 Å². The van der Waals surface area contributed by atoms with Gasteiger partial charge in [0, 0.05) is 38.8 Å². The minimum absolute atomic E-state index is 0.336. The van der Waals surface area contributed by atoms with Crippen LogP contribution in [0.25, 0.3) is 0 Å². The first-order valence-electron chi connectivity index (χ1n) is 9.05. The zero-order valence-electron chi connectivity index (χ0n) is 16.6. The molecule has 8 heteroatoms. The van der Waals surface area contributed by atoms with Crippen molar-refractivity contribution in [2.45, 2.75) is 17.3 Å². The van der Waals surface area contributed by atoms with Crippen molar-refractivity contribution in [2.75, 3.05) is 31.4 Å². The Balaban J connectivity index is 1.95. The fourth-order valence-corrected chi connectivity index (χ4v) is 3.53. The summed E-state index contributed by atoms with van der Waals surface area (Å²) < 4.78 is 5.02. The standard InChI is InChI=1S/C21H23N5O2S/c1-26(2)21-24-18(23-13-16-10-7-11-22-12-16)17(20(27)28-3)19(25-21)29-14-15-8-5-4-6-9-15/h4-12H,13-14H2,1-3H3,(H,23,24,25). The average Bonchev–Trinajstić information content (AvgIpc) is 2.76. The second-order valence-corrected chi connectivity index (χ2v) is 7.39. The van der Waals surface area contributed by atoms with Crippen LogP contribution < -0.4 is 10.2 Å². The van der Waals surface area contributed by atoms with Gasteiger partial charge in [0.25, 0.3) is 0 Å². The molecule has 3 aromatic rings. The molecule has 1 N–H and O–H groups in total. The largest absolute Gasteiger partial charge is 0.465 e. The third kappa shape index (κ3) is 5.45. The molecule has 0 saturated carbocycles. The summed E-state index contributed by atoms with van der Waals surface area (Å²) in [6.45, 7) is 0.477. The summed E-state index contributed by atoms with van der Waals surface area (Å²) >= 11 is 1.48. The Morgan fingerprint density at radius 1 is 1.10 bits per heavy atom. The molecular weight excluding hydrogens is 386 g/mol. The molecule has 7 nitrogen and oxygen atoms in total. The van der Waals surface area contributed by atoms with Crippen molar-refractivity contribution < 1.29 is 9.53 Å². The average molecular weight is 410 g/mol. The Kier molecular flexibility index (Phi) is 7.02. The molecule has 3 rings (SSSR count). The molecule has 0 bridgehead atoms. The van der Waals surface area contributed by atoms with Crippen LogP contribution >= 0.6 is 11.8 Å². The van der Waals surface area contributed by atoms with Crippen LogP contribution in [0, 0.1) is 0 Å². The fourth-order valence-electron chi connectivity index (χ4n) is 2.56. The van der Waals surface area contributed by atoms with Crippen molar-refractivity contribution in [1.82, 2.24) is 15.0 Å². The summed E-state index contributed by atoms with van der Waals surface area (Å²) in [6, 6.07) is 13.9. The Morgan fingerprint density at radius 3 is 2.52 bits per heavy atom. The number of carbonyl (C=O) groups excluding carboxylic acids is 1. The maximum Gasteiger partial charge on any atom is 0.344 e. The molecule has 0 unspecified atom stereocenters. The van der Waals surface area contributed by atoms with E-state index in [1.807, 2.05) is 61.5 Å². The lowest BCUT2D eigenvalue weighted by Gasteiger charge is -2.18. The zero-order chi connectivity index (χ0) is 20.6. The fraction of sp³-hybridized carbons (Fsp3) is 0.238. The summed E-state index contributed by atoms with van der Waals surface area (Å²) in [4.78, 5) is 27.6. The van der Waals surface area contributed by atoms with Gasteiger partial charge < -0.3 is 15.0 Å². The maximum absolute atomic E-state index is 12.6. The molecular formula is C21H23N5O2S.